The maximum absolute atomic E-state index is 11.7. The van der Waals surface area contributed by atoms with E-state index in [-0.39, 0.29) is 12.5 Å². The van der Waals surface area contributed by atoms with E-state index in [1.54, 1.807) is 30.3 Å². The highest BCUT2D eigenvalue weighted by Gasteiger charge is 2.22. The van der Waals surface area contributed by atoms with Crippen molar-refractivity contribution in [2.24, 2.45) is 5.92 Å². The van der Waals surface area contributed by atoms with E-state index in [9.17, 15) is 4.79 Å². The zero-order valence-corrected chi connectivity index (χ0v) is 15.0. The van der Waals surface area contributed by atoms with E-state index in [1.807, 2.05) is 12.5 Å². The first-order valence-corrected chi connectivity index (χ1v) is 9.06. The predicted octanol–water partition coefficient (Wildman–Crippen LogP) is 1.68. The van der Waals surface area contributed by atoms with Crippen molar-refractivity contribution < 1.29 is 9.53 Å². The third-order valence-corrected chi connectivity index (χ3v) is 4.95. The molecule has 0 bridgehead atoms. The molecule has 0 aliphatic carbocycles. The van der Waals surface area contributed by atoms with Crippen molar-refractivity contribution in [3.8, 4) is 0 Å². The molecule has 2 aromatic heterocycles. The summed E-state index contributed by atoms with van der Waals surface area (Å²) in [6.07, 6.45) is 3.83. The van der Waals surface area contributed by atoms with Crippen LogP contribution in [0.15, 0.2) is 29.4 Å². The summed E-state index contributed by atoms with van der Waals surface area (Å²) in [5, 5.41) is 4.31. The average molecular weight is 348 g/mol. The van der Waals surface area contributed by atoms with Crippen LogP contribution < -0.4 is 0 Å². The molecule has 6 nitrogen and oxygen atoms in total. The fourth-order valence-electron chi connectivity index (χ4n) is 2.95. The number of amides is 1. The smallest absolute Gasteiger partial charge is 0.248 e. The van der Waals surface area contributed by atoms with E-state index in [1.165, 1.54) is 11.3 Å². The Hall–Kier alpha value is -1.70. The van der Waals surface area contributed by atoms with Crippen LogP contribution in [0, 0.1) is 5.92 Å². The topological polar surface area (TPSA) is 50.6 Å². The monoisotopic (exact) mass is 348 g/mol. The molecule has 0 spiro atoms. The summed E-state index contributed by atoms with van der Waals surface area (Å²) in [6, 6.07) is 2.17. The highest BCUT2D eigenvalue weighted by atomic mass is 32.1. The minimum atomic E-state index is 0.00192. The SMILES string of the molecule is CN(C)C(=O)COC[C@@H]1CN(Cc2ccsc2)Cc2cncn2C1. The second-order valence-corrected chi connectivity index (χ2v) is 7.29. The van der Waals surface area contributed by atoms with Crippen molar-refractivity contribution in [3.63, 3.8) is 0 Å². The number of ether oxygens (including phenoxy) is 1. The van der Waals surface area contributed by atoms with Crippen LogP contribution >= 0.6 is 11.3 Å². The normalized spacial score (nSPS) is 18.2. The maximum Gasteiger partial charge on any atom is 0.248 e. The van der Waals surface area contributed by atoms with Gasteiger partial charge in [-0.2, -0.15) is 11.3 Å². The van der Waals surface area contributed by atoms with Gasteiger partial charge in [0.2, 0.25) is 5.91 Å². The van der Waals surface area contributed by atoms with E-state index in [0.29, 0.717) is 12.5 Å². The first kappa shape index (κ1) is 17.1. The van der Waals surface area contributed by atoms with Gasteiger partial charge in [-0.05, 0) is 22.4 Å². The van der Waals surface area contributed by atoms with Crippen molar-refractivity contribution in [3.05, 3.63) is 40.6 Å². The number of fused-ring (bicyclic) bond motifs is 1. The molecule has 0 fully saturated rings. The Labute approximate surface area is 146 Å². The van der Waals surface area contributed by atoms with Crippen molar-refractivity contribution >= 4 is 17.2 Å². The summed E-state index contributed by atoms with van der Waals surface area (Å²) in [5.41, 5.74) is 2.58. The number of thiophene rings is 1. The summed E-state index contributed by atoms with van der Waals surface area (Å²) in [4.78, 5) is 19.9. The van der Waals surface area contributed by atoms with E-state index >= 15 is 0 Å². The van der Waals surface area contributed by atoms with Crippen molar-refractivity contribution in [1.82, 2.24) is 19.4 Å². The van der Waals surface area contributed by atoms with Crippen molar-refractivity contribution in [1.29, 1.82) is 0 Å². The molecule has 3 rings (SSSR count). The molecule has 0 saturated carbocycles. The Morgan fingerprint density at radius 2 is 2.33 bits per heavy atom. The van der Waals surface area contributed by atoms with Gasteiger partial charge in [-0.3, -0.25) is 9.69 Å². The van der Waals surface area contributed by atoms with E-state index in [2.05, 4.69) is 31.3 Å². The molecule has 0 radical (unpaired) electrons. The molecule has 130 valence electrons. The molecule has 0 N–H and O–H groups in total. The molecular formula is C17H24N4O2S. The number of carbonyl (C=O) groups is 1. The number of likely N-dealkylation sites (N-methyl/N-ethyl adjacent to an activating group) is 1. The Bertz CT molecular complexity index is 653. The van der Waals surface area contributed by atoms with Crippen LogP contribution in [0.25, 0.3) is 0 Å². The number of nitrogens with zero attached hydrogens (tertiary/aromatic N) is 4. The molecule has 0 unspecified atom stereocenters. The van der Waals surface area contributed by atoms with Gasteiger partial charge >= 0.3 is 0 Å². The molecule has 1 atom stereocenters. The van der Waals surface area contributed by atoms with Crippen LogP contribution in [0.4, 0.5) is 0 Å². The summed E-state index contributed by atoms with van der Waals surface area (Å²) >= 11 is 1.73. The van der Waals surface area contributed by atoms with Gasteiger partial charge < -0.3 is 14.2 Å². The molecule has 1 amide bonds. The zero-order valence-electron chi connectivity index (χ0n) is 14.2. The fraction of sp³-hybridized carbons (Fsp3) is 0.529. The standard InChI is InChI=1S/C17H24N4O2S/c1-19(2)17(22)11-23-10-15-7-20(6-14-3-4-24-12-14)9-16-5-18-13-21(16)8-15/h3-5,12-13,15H,6-11H2,1-2H3/t15-/m1/s1. The van der Waals surface area contributed by atoms with Crippen LogP contribution in [0.2, 0.25) is 0 Å². The van der Waals surface area contributed by atoms with Crippen LogP contribution in [-0.4, -0.2) is 59.1 Å². The quantitative estimate of drug-likeness (QED) is 0.797. The van der Waals surface area contributed by atoms with Gasteiger partial charge in [-0.1, -0.05) is 0 Å². The van der Waals surface area contributed by atoms with Crippen molar-refractivity contribution in [2.75, 3.05) is 33.9 Å². The Morgan fingerprint density at radius 1 is 1.46 bits per heavy atom. The minimum absolute atomic E-state index is 0.00192. The molecular weight excluding hydrogens is 324 g/mol. The van der Waals surface area contributed by atoms with E-state index in [0.717, 1.165) is 26.2 Å². The highest BCUT2D eigenvalue weighted by molar-refractivity contribution is 7.07. The van der Waals surface area contributed by atoms with Crippen LogP contribution in [-0.2, 0) is 29.2 Å². The maximum atomic E-state index is 11.7. The summed E-state index contributed by atoms with van der Waals surface area (Å²) in [6.45, 7) is 4.38. The van der Waals surface area contributed by atoms with Gasteiger partial charge in [0, 0.05) is 52.4 Å². The third kappa shape index (κ3) is 4.43. The van der Waals surface area contributed by atoms with Gasteiger partial charge in [-0.15, -0.1) is 0 Å². The largest absolute Gasteiger partial charge is 0.371 e. The zero-order chi connectivity index (χ0) is 16.9. The number of imidazole rings is 1. The molecule has 0 aromatic carbocycles. The van der Waals surface area contributed by atoms with Gasteiger partial charge in [0.25, 0.3) is 0 Å². The molecule has 3 heterocycles. The lowest BCUT2D eigenvalue weighted by atomic mass is 10.1. The fourth-order valence-corrected chi connectivity index (χ4v) is 3.61. The minimum Gasteiger partial charge on any atom is -0.371 e. The molecule has 2 aromatic rings. The summed E-state index contributed by atoms with van der Waals surface area (Å²) in [5.74, 6) is 0.344. The molecule has 0 saturated heterocycles. The van der Waals surface area contributed by atoms with Gasteiger partial charge in [-0.25, -0.2) is 4.98 Å². The third-order valence-electron chi connectivity index (χ3n) is 4.22. The lowest BCUT2D eigenvalue weighted by molar-refractivity contribution is -0.134. The average Bonchev–Trinajstić information content (AvgIpc) is 3.16. The second kappa shape index (κ2) is 7.92. The number of carbonyl (C=O) groups excluding carboxylic acids is 1. The molecule has 1 aliphatic heterocycles. The molecule has 7 heteroatoms. The summed E-state index contributed by atoms with van der Waals surface area (Å²) in [7, 11) is 3.50. The number of hydrogen-bond acceptors (Lipinski definition) is 5. The Balaban J connectivity index is 1.62. The molecule has 24 heavy (non-hydrogen) atoms. The van der Waals surface area contributed by atoms with E-state index in [4.69, 9.17) is 4.74 Å². The Kier molecular flexibility index (Phi) is 5.65. The van der Waals surface area contributed by atoms with Crippen LogP contribution in [0.3, 0.4) is 0 Å². The lowest BCUT2D eigenvalue weighted by Crippen LogP contribution is -2.32. The van der Waals surface area contributed by atoms with Crippen molar-refractivity contribution in [2.45, 2.75) is 19.6 Å². The summed E-state index contributed by atoms with van der Waals surface area (Å²) < 4.78 is 7.88. The number of aromatic nitrogens is 2. The van der Waals surface area contributed by atoms with Gasteiger partial charge in [0.05, 0.1) is 18.6 Å². The first-order valence-electron chi connectivity index (χ1n) is 8.12. The predicted molar refractivity (Wildman–Crippen MR) is 93.7 cm³/mol. The Morgan fingerprint density at radius 3 is 3.08 bits per heavy atom. The second-order valence-electron chi connectivity index (χ2n) is 6.51. The lowest BCUT2D eigenvalue weighted by Gasteiger charge is -2.23. The molecule has 1 aliphatic rings. The number of hydrogen-bond donors (Lipinski definition) is 0. The first-order chi connectivity index (χ1) is 11.6. The van der Waals surface area contributed by atoms with Gasteiger partial charge in [0.1, 0.15) is 6.61 Å². The van der Waals surface area contributed by atoms with Crippen LogP contribution in [0.1, 0.15) is 11.3 Å². The van der Waals surface area contributed by atoms with Gasteiger partial charge in [0.15, 0.2) is 0 Å². The highest BCUT2D eigenvalue weighted by Crippen LogP contribution is 2.19. The number of rotatable bonds is 6. The van der Waals surface area contributed by atoms with Crippen LogP contribution in [0.5, 0.6) is 0 Å². The van der Waals surface area contributed by atoms with E-state index < -0.39 is 0 Å².